The molecule has 112 valence electrons. The van der Waals surface area contributed by atoms with Crippen molar-refractivity contribution in [2.75, 3.05) is 0 Å². The molecule has 1 aliphatic rings. The van der Waals surface area contributed by atoms with Gasteiger partial charge in [0.15, 0.2) is 0 Å². The van der Waals surface area contributed by atoms with Crippen LogP contribution >= 0.6 is 15.9 Å². The van der Waals surface area contributed by atoms with Crippen molar-refractivity contribution in [3.8, 4) is 0 Å². The number of halogens is 4. The Morgan fingerprint density at radius 2 is 1.75 bits per heavy atom. The summed E-state index contributed by atoms with van der Waals surface area (Å²) in [5.41, 5.74) is -0.224. The summed E-state index contributed by atoms with van der Waals surface area (Å²) in [6.07, 6.45) is 2.66. The Morgan fingerprint density at radius 1 is 1.10 bits per heavy atom. The van der Waals surface area contributed by atoms with Gasteiger partial charge in [-0.3, -0.25) is 0 Å². The fourth-order valence-electron chi connectivity index (χ4n) is 2.70. The number of benzene rings is 1. The maximum absolute atomic E-state index is 13.0. The van der Waals surface area contributed by atoms with Crippen molar-refractivity contribution >= 4 is 15.9 Å². The van der Waals surface area contributed by atoms with Crippen LogP contribution in [0.4, 0.5) is 13.2 Å². The first-order valence-electron chi connectivity index (χ1n) is 7.06. The number of rotatable bonds is 3. The van der Waals surface area contributed by atoms with Crippen molar-refractivity contribution in [3.05, 3.63) is 33.8 Å². The summed E-state index contributed by atoms with van der Waals surface area (Å²) in [5, 5.41) is 3.29. The van der Waals surface area contributed by atoms with Gasteiger partial charge in [0, 0.05) is 17.1 Å². The summed E-state index contributed by atoms with van der Waals surface area (Å²) < 4.78 is 39.5. The predicted molar refractivity (Wildman–Crippen MR) is 77.5 cm³/mol. The standard InChI is InChI=1S/C15H19BrF3N/c16-12-8-7-11(14(9-12)15(17,18)19)10-20-13-5-3-1-2-4-6-13/h7-9,13,20H,1-6,10H2. The lowest BCUT2D eigenvalue weighted by Crippen LogP contribution is -2.28. The van der Waals surface area contributed by atoms with E-state index in [1.54, 1.807) is 12.1 Å². The highest BCUT2D eigenvalue weighted by Gasteiger charge is 2.33. The number of hydrogen-bond acceptors (Lipinski definition) is 1. The van der Waals surface area contributed by atoms with E-state index in [4.69, 9.17) is 0 Å². The first-order chi connectivity index (χ1) is 9.47. The van der Waals surface area contributed by atoms with Crippen LogP contribution < -0.4 is 5.32 Å². The highest BCUT2D eigenvalue weighted by Crippen LogP contribution is 2.34. The van der Waals surface area contributed by atoms with Crippen LogP contribution in [0, 0.1) is 0 Å². The summed E-state index contributed by atoms with van der Waals surface area (Å²) in [7, 11) is 0. The summed E-state index contributed by atoms with van der Waals surface area (Å²) in [6.45, 7) is 0.285. The van der Waals surface area contributed by atoms with E-state index in [0.717, 1.165) is 18.9 Å². The second-order valence-electron chi connectivity index (χ2n) is 5.37. The molecule has 1 nitrogen and oxygen atoms in total. The lowest BCUT2D eigenvalue weighted by atomic mass is 10.1. The minimum absolute atomic E-state index is 0.285. The monoisotopic (exact) mass is 349 g/mol. The van der Waals surface area contributed by atoms with Gasteiger partial charge < -0.3 is 5.32 Å². The summed E-state index contributed by atoms with van der Waals surface area (Å²) in [5.74, 6) is 0. The molecule has 0 spiro atoms. The Balaban J connectivity index is 2.05. The van der Waals surface area contributed by atoms with Gasteiger partial charge in [0.2, 0.25) is 0 Å². The average molecular weight is 350 g/mol. The minimum Gasteiger partial charge on any atom is -0.310 e. The molecule has 1 fully saturated rings. The van der Waals surface area contributed by atoms with Gasteiger partial charge in [0.1, 0.15) is 0 Å². The molecule has 0 bridgehead atoms. The molecule has 1 aromatic carbocycles. The number of nitrogens with one attached hydrogen (secondary N) is 1. The Hall–Kier alpha value is -0.550. The van der Waals surface area contributed by atoms with E-state index in [2.05, 4.69) is 21.2 Å². The Morgan fingerprint density at radius 3 is 2.35 bits per heavy atom. The van der Waals surface area contributed by atoms with E-state index in [-0.39, 0.29) is 6.54 Å². The van der Waals surface area contributed by atoms with Crippen molar-refractivity contribution in [2.24, 2.45) is 0 Å². The molecular formula is C15H19BrF3N. The maximum Gasteiger partial charge on any atom is 0.416 e. The van der Waals surface area contributed by atoms with Gasteiger partial charge in [-0.05, 0) is 30.5 Å². The largest absolute Gasteiger partial charge is 0.416 e. The molecule has 0 unspecified atom stereocenters. The molecule has 20 heavy (non-hydrogen) atoms. The second kappa shape index (κ2) is 6.94. The van der Waals surface area contributed by atoms with E-state index in [0.29, 0.717) is 16.1 Å². The van der Waals surface area contributed by atoms with E-state index >= 15 is 0 Å². The molecule has 0 saturated heterocycles. The van der Waals surface area contributed by atoms with Crippen molar-refractivity contribution in [1.82, 2.24) is 5.32 Å². The van der Waals surface area contributed by atoms with Gasteiger partial charge in [-0.25, -0.2) is 0 Å². The summed E-state index contributed by atoms with van der Waals surface area (Å²) in [4.78, 5) is 0. The van der Waals surface area contributed by atoms with Gasteiger partial charge in [0.25, 0.3) is 0 Å². The fraction of sp³-hybridized carbons (Fsp3) is 0.600. The maximum atomic E-state index is 13.0. The van der Waals surface area contributed by atoms with Crippen LogP contribution in [0.25, 0.3) is 0 Å². The zero-order valence-corrected chi connectivity index (χ0v) is 12.9. The zero-order chi connectivity index (χ0) is 14.6. The molecule has 1 saturated carbocycles. The van der Waals surface area contributed by atoms with E-state index in [1.165, 1.54) is 25.7 Å². The highest BCUT2D eigenvalue weighted by molar-refractivity contribution is 9.10. The number of alkyl halides is 3. The summed E-state index contributed by atoms with van der Waals surface area (Å²) >= 11 is 3.11. The second-order valence-corrected chi connectivity index (χ2v) is 6.28. The lowest BCUT2D eigenvalue weighted by molar-refractivity contribution is -0.138. The third-order valence-corrected chi connectivity index (χ3v) is 4.31. The molecule has 5 heteroatoms. The SMILES string of the molecule is FC(F)(F)c1cc(Br)ccc1CNC1CCCCCC1. The van der Waals surface area contributed by atoms with Crippen molar-refractivity contribution in [2.45, 2.75) is 57.3 Å². The van der Waals surface area contributed by atoms with Gasteiger partial charge in [-0.15, -0.1) is 0 Å². The Labute approximate surface area is 126 Å². The van der Waals surface area contributed by atoms with E-state index in [9.17, 15) is 13.2 Å². The van der Waals surface area contributed by atoms with Crippen LogP contribution in [-0.4, -0.2) is 6.04 Å². The van der Waals surface area contributed by atoms with Gasteiger partial charge in [-0.1, -0.05) is 47.7 Å². The van der Waals surface area contributed by atoms with Gasteiger partial charge >= 0.3 is 6.18 Å². The van der Waals surface area contributed by atoms with E-state index in [1.807, 2.05) is 0 Å². The Kier molecular flexibility index (Phi) is 5.49. The summed E-state index contributed by atoms with van der Waals surface area (Å²) in [6, 6.07) is 4.72. The van der Waals surface area contributed by atoms with Crippen LogP contribution in [0.3, 0.4) is 0 Å². The molecule has 1 aliphatic carbocycles. The fourth-order valence-corrected chi connectivity index (χ4v) is 3.07. The van der Waals surface area contributed by atoms with Crippen LogP contribution in [-0.2, 0) is 12.7 Å². The average Bonchev–Trinajstić information content (AvgIpc) is 2.64. The topological polar surface area (TPSA) is 12.0 Å². The van der Waals surface area contributed by atoms with Gasteiger partial charge in [0.05, 0.1) is 5.56 Å². The van der Waals surface area contributed by atoms with Crippen molar-refractivity contribution in [1.29, 1.82) is 0 Å². The molecule has 0 radical (unpaired) electrons. The molecule has 0 aromatic heterocycles. The van der Waals surface area contributed by atoms with Crippen molar-refractivity contribution in [3.63, 3.8) is 0 Å². The van der Waals surface area contributed by atoms with Crippen molar-refractivity contribution < 1.29 is 13.2 Å². The molecule has 1 N–H and O–H groups in total. The molecule has 0 amide bonds. The number of hydrogen-bond donors (Lipinski definition) is 1. The van der Waals surface area contributed by atoms with Crippen LogP contribution in [0.2, 0.25) is 0 Å². The third kappa shape index (κ3) is 4.48. The van der Waals surface area contributed by atoms with Crippen LogP contribution in [0.15, 0.2) is 22.7 Å². The third-order valence-electron chi connectivity index (χ3n) is 3.81. The molecule has 1 aromatic rings. The molecule has 2 rings (SSSR count). The smallest absolute Gasteiger partial charge is 0.310 e. The Bertz CT molecular complexity index is 437. The van der Waals surface area contributed by atoms with Crippen LogP contribution in [0.1, 0.15) is 49.7 Å². The van der Waals surface area contributed by atoms with E-state index < -0.39 is 11.7 Å². The predicted octanol–water partition coefficient (Wildman–Crippen LogP) is 5.28. The molecule has 0 heterocycles. The zero-order valence-electron chi connectivity index (χ0n) is 11.3. The first-order valence-corrected chi connectivity index (χ1v) is 7.85. The normalized spacial score (nSPS) is 18.0. The quantitative estimate of drug-likeness (QED) is 0.732. The molecule has 0 aliphatic heterocycles. The first kappa shape index (κ1) is 15.8. The molecule has 0 atom stereocenters. The molecular weight excluding hydrogens is 331 g/mol. The minimum atomic E-state index is -4.30. The van der Waals surface area contributed by atoms with Crippen LogP contribution in [0.5, 0.6) is 0 Å². The van der Waals surface area contributed by atoms with Gasteiger partial charge in [-0.2, -0.15) is 13.2 Å². The lowest BCUT2D eigenvalue weighted by Gasteiger charge is -2.19. The highest BCUT2D eigenvalue weighted by atomic mass is 79.9.